The summed E-state index contributed by atoms with van der Waals surface area (Å²) in [4.78, 5) is 8.51. The molecule has 0 unspecified atom stereocenters. The molecule has 3 nitrogen and oxygen atoms in total. The Morgan fingerprint density at radius 3 is 2.17 bits per heavy atom. The lowest BCUT2D eigenvalue weighted by Gasteiger charge is -2.05. The van der Waals surface area contributed by atoms with E-state index < -0.39 is 0 Å². The summed E-state index contributed by atoms with van der Waals surface area (Å²) >= 11 is 1.74. The highest BCUT2D eigenvalue weighted by atomic mass is 32.1. The minimum Gasteiger partial charge on any atom is -0.355 e. The highest BCUT2D eigenvalue weighted by Crippen LogP contribution is 2.38. The Kier molecular flexibility index (Phi) is 3.82. The lowest BCUT2D eigenvalue weighted by atomic mass is 10.0. The molecule has 4 heteroatoms. The highest BCUT2D eigenvalue weighted by Gasteiger charge is 2.16. The van der Waals surface area contributed by atoms with E-state index in [1.165, 1.54) is 59.4 Å². The second kappa shape index (κ2) is 7.05. The largest absolute Gasteiger partial charge is 0.355 e. The first kappa shape index (κ1) is 19.0. The zero-order valence-corrected chi connectivity index (χ0v) is 19.5. The molecule has 164 valence electrons. The number of hydrogen-bond acceptors (Lipinski definition) is 2. The van der Waals surface area contributed by atoms with Crippen LogP contribution in [0.15, 0.2) is 109 Å². The van der Waals surface area contributed by atoms with E-state index in [1.54, 1.807) is 11.3 Å². The number of nitrogens with one attached hydrogen (secondary N) is 1. The summed E-state index contributed by atoms with van der Waals surface area (Å²) in [5.74, 6) is 0. The van der Waals surface area contributed by atoms with Crippen LogP contribution in [0.1, 0.15) is 0 Å². The first-order chi connectivity index (χ1) is 17.3. The molecule has 0 aliphatic heterocycles. The van der Waals surface area contributed by atoms with Crippen molar-refractivity contribution in [2.45, 2.75) is 0 Å². The third-order valence-electron chi connectivity index (χ3n) is 6.99. The maximum Gasteiger partial charge on any atom is 0.195 e. The second-order valence-electron chi connectivity index (χ2n) is 8.98. The molecule has 3 aromatic heterocycles. The Bertz CT molecular complexity index is 2040. The van der Waals surface area contributed by atoms with Crippen molar-refractivity contribution in [2.75, 3.05) is 0 Å². The van der Waals surface area contributed by atoms with Gasteiger partial charge >= 0.3 is 0 Å². The predicted molar refractivity (Wildman–Crippen MR) is 149 cm³/mol. The number of thiazole rings is 1. The van der Waals surface area contributed by atoms with Crippen LogP contribution in [-0.4, -0.2) is 14.5 Å². The SMILES string of the molecule is c1ccc2sc(-n3c4ccccc4c4cc(-c5ccc6[nH]c7ccccc7c6c5)ccc43)nc2c1. The summed E-state index contributed by atoms with van der Waals surface area (Å²) in [7, 11) is 0. The van der Waals surface area contributed by atoms with Crippen molar-refractivity contribution < 1.29 is 0 Å². The van der Waals surface area contributed by atoms with Crippen LogP contribution in [0.5, 0.6) is 0 Å². The second-order valence-corrected chi connectivity index (χ2v) is 9.99. The standard InChI is InChI=1S/C31H19N3S/c1-3-9-25-21(7-1)23-17-19(13-15-26(23)32-25)20-14-16-29-24(18-20)22-8-2-5-11-28(22)34(29)31-33-27-10-4-6-12-30(27)35-31/h1-18,32H. The lowest BCUT2D eigenvalue weighted by Crippen LogP contribution is -1.92. The van der Waals surface area contributed by atoms with Gasteiger partial charge in [0.15, 0.2) is 5.13 Å². The maximum absolute atomic E-state index is 4.97. The van der Waals surface area contributed by atoms with Crippen LogP contribution in [-0.2, 0) is 0 Å². The van der Waals surface area contributed by atoms with Crippen molar-refractivity contribution in [1.29, 1.82) is 0 Å². The summed E-state index contributed by atoms with van der Waals surface area (Å²) in [5.41, 5.74) is 8.20. The van der Waals surface area contributed by atoms with E-state index >= 15 is 0 Å². The predicted octanol–water partition coefficient (Wildman–Crippen LogP) is 8.69. The van der Waals surface area contributed by atoms with Crippen molar-refractivity contribution in [3.05, 3.63) is 109 Å². The van der Waals surface area contributed by atoms with Gasteiger partial charge in [0.05, 0.1) is 21.3 Å². The average Bonchev–Trinajstić information content (AvgIpc) is 3.59. The summed E-state index contributed by atoms with van der Waals surface area (Å²) in [6, 6.07) is 39.0. The quantitative estimate of drug-likeness (QED) is 0.272. The molecule has 8 aromatic rings. The van der Waals surface area contributed by atoms with Gasteiger partial charge in [-0.1, -0.05) is 72.0 Å². The van der Waals surface area contributed by atoms with Gasteiger partial charge in [0, 0.05) is 32.6 Å². The molecular weight excluding hydrogens is 446 g/mol. The topological polar surface area (TPSA) is 33.6 Å². The molecule has 0 radical (unpaired) electrons. The zero-order valence-electron chi connectivity index (χ0n) is 18.7. The van der Waals surface area contributed by atoms with Crippen LogP contribution in [0.3, 0.4) is 0 Å². The Balaban J connectivity index is 1.37. The van der Waals surface area contributed by atoms with E-state index in [-0.39, 0.29) is 0 Å². The van der Waals surface area contributed by atoms with E-state index in [1.807, 2.05) is 0 Å². The number of hydrogen-bond donors (Lipinski definition) is 1. The fraction of sp³-hybridized carbons (Fsp3) is 0. The Hall–Kier alpha value is -4.41. The van der Waals surface area contributed by atoms with E-state index in [0.717, 1.165) is 10.6 Å². The van der Waals surface area contributed by atoms with Crippen molar-refractivity contribution in [3.63, 3.8) is 0 Å². The van der Waals surface area contributed by atoms with Crippen LogP contribution in [0.4, 0.5) is 0 Å². The van der Waals surface area contributed by atoms with Gasteiger partial charge in [0.25, 0.3) is 0 Å². The van der Waals surface area contributed by atoms with Crippen molar-refractivity contribution in [2.24, 2.45) is 0 Å². The van der Waals surface area contributed by atoms with Gasteiger partial charge in [-0.05, 0) is 59.7 Å². The number of aromatic amines is 1. The van der Waals surface area contributed by atoms with Crippen LogP contribution in [0, 0.1) is 0 Å². The van der Waals surface area contributed by atoms with Crippen LogP contribution in [0.2, 0.25) is 0 Å². The lowest BCUT2D eigenvalue weighted by molar-refractivity contribution is 1.15. The first-order valence-electron chi connectivity index (χ1n) is 11.7. The normalized spacial score (nSPS) is 12.0. The van der Waals surface area contributed by atoms with Crippen molar-refractivity contribution >= 4 is 65.2 Å². The molecule has 0 atom stereocenters. The average molecular weight is 466 g/mol. The molecule has 0 amide bonds. The van der Waals surface area contributed by atoms with Gasteiger partial charge in [-0.2, -0.15) is 0 Å². The van der Waals surface area contributed by atoms with Crippen molar-refractivity contribution in [3.8, 4) is 16.3 Å². The van der Waals surface area contributed by atoms with Crippen LogP contribution < -0.4 is 0 Å². The monoisotopic (exact) mass is 465 g/mol. The number of aromatic nitrogens is 3. The van der Waals surface area contributed by atoms with Gasteiger partial charge < -0.3 is 4.98 Å². The highest BCUT2D eigenvalue weighted by molar-refractivity contribution is 7.20. The molecular formula is C31H19N3S. The summed E-state index contributed by atoms with van der Waals surface area (Å²) in [6.45, 7) is 0. The molecule has 0 saturated carbocycles. The Morgan fingerprint density at radius 1 is 0.571 bits per heavy atom. The summed E-state index contributed by atoms with van der Waals surface area (Å²) in [6.07, 6.45) is 0. The summed E-state index contributed by atoms with van der Waals surface area (Å²) in [5, 5.41) is 6.02. The molecule has 0 spiro atoms. The van der Waals surface area contributed by atoms with Gasteiger partial charge in [-0.15, -0.1) is 0 Å². The van der Waals surface area contributed by atoms with Gasteiger partial charge in [0.1, 0.15) is 0 Å². The van der Waals surface area contributed by atoms with E-state index in [9.17, 15) is 0 Å². The minimum atomic E-state index is 1.00. The summed E-state index contributed by atoms with van der Waals surface area (Å²) < 4.78 is 3.51. The number of H-pyrrole nitrogens is 1. The minimum absolute atomic E-state index is 1.00. The molecule has 3 heterocycles. The molecule has 5 aromatic carbocycles. The van der Waals surface area contributed by atoms with Crippen LogP contribution >= 0.6 is 11.3 Å². The molecule has 35 heavy (non-hydrogen) atoms. The molecule has 1 N–H and O–H groups in total. The van der Waals surface area contributed by atoms with E-state index in [0.29, 0.717) is 0 Å². The third-order valence-corrected chi connectivity index (χ3v) is 8.01. The Labute approximate surface area is 204 Å². The fourth-order valence-electron chi connectivity index (χ4n) is 5.34. The number of rotatable bonds is 2. The van der Waals surface area contributed by atoms with Gasteiger partial charge in [-0.25, -0.2) is 4.98 Å². The van der Waals surface area contributed by atoms with Crippen LogP contribution in [0.25, 0.3) is 70.1 Å². The maximum atomic E-state index is 4.97. The molecule has 0 fully saturated rings. The smallest absolute Gasteiger partial charge is 0.195 e. The number of nitrogens with zero attached hydrogens (tertiary/aromatic N) is 2. The number of para-hydroxylation sites is 3. The van der Waals surface area contributed by atoms with Gasteiger partial charge in [0.2, 0.25) is 0 Å². The fourth-order valence-corrected chi connectivity index (χ4v) is 6.34. The van der Waals surface area contributed by atoms with Gasteiger partial charge in [-0.3, -0.25) is 4.57 Å². The van der Waals surface area contributed by atoms with Crippen molar-refractivity contribution in [1.82, 2.24) is 14.5 Å². The van der Waals surface area contributed by atoms with E-state index in [2.05, 4.69) is 119 Å². The first-order valence-corrected chi connectivity index (χ1v) is 12.6. The Morgan fingerprint density at radius 2 is 1.26 bits per heavy atom. The molecule has 8 rings (SSSR count). The third kappa shape index (κ3) is 2.74. The number of fused-ring (bicyclic) bond motifs is 7. The zero-order chi connectivity index (χ0) is 22.9. The van der Waals surface area contributed by atoms with E-state index in [4.69, 9.17) is 4.98 Å². The molecule has 0 aliphatic carbocycles. The molecule has 0 saturated heterocycles. The molecule has 0 aliphatic rings. The molecule has 0 bridgehead atoms. The number of benzene rings is 5.